The molecule has 2 atom stereocenters. The second-order valence-corrected chi connectivity index (χ2v) is 9.01. The Morgan fingerprint density at radius 3 is 2.84 bits per heavy atom. The van der Waals surface area contributed by atoms with Crippen molar-refractivity contribution in [1.29, 1.82) is 0 Å². The predicted molar refractivity (Wildman–Crippen MR) is 121 cm³/mol. The Bertz CT molecular complexity index is 1200. The molecule has 2 aliphatic rings. The largest absolute Gasteiger partial charge is 0.488 e. The zero-order chi connectivity index (χ0) is 21.4. The van der Waals surface area contributed by atoms with Gasteiger partial charge in [0, 0.05) is 24.7 Å². The molecule has 31 heavy (non-hydrogen) atoms. The van der Waals surface area contributed by atoms with Gasteiger partial charge in [0.15, 0.2) is 0 Å². The Balaban J connectivity index is 1.33. The molecule has 1 aromatic carbocycles. The first-order chi connectivity index (χ1) is 15.1. The summed E-state index contributed by atoms with van der Waals surface area (Å²) in [4.78, 5) is 28.6. The molecule has 1 amide bonds. The van der Waals surface area contributed by atoms with E-state index in [2.05, 4.69) is 12.0 Å². The smallest absolute Gasteiger partial charge is 0.267 e. The first-order valence-electron chi connectivity index (χ1n) is 10.5. The number of amides is 1. The Hall–Kier alpha value is -3.19. The topological polar surface area (TPSA) is 64.4 Å². The number of aromatic nitrogens is 2. The van der Waals surface area contributed by atoms with Crippen molar-refractivity contribution >= 4 is 23.3 Å². The van der Waals surface area contributed by atoms with E-state index in [0.717, 1.165) is 21.9 Å². The van der Waals surface area contributed by atoms with Gasteiger partial charge in [0.25, 0.3) is 11.5 Å². The molecule has 0 radical (unpaired) electrons. The standard InChI is InChI=1S/C24H23N3O3S/c1-16-14-26(24(29)18-13-17-5-2-3-6-21(17)30-15-18)11-10-20(16)27-23(28)9-8-19(25-27)22-7-4-12-31-22/h2-9,12-13,16,20H,10-11,14-15H2,1H3. The van der Waals surface area contributed by atoms with Crippen LogP contribution in [0.5, 0.6) is 5.75 Å². The number of ether oxygens (including phenoxy) is 1. The van der Waals surface area contributed by atoms with Gasteiger partial charge in [0.05, 0.1) is 16.5 Å². The molecule has 0 saturated carbocycles. The molecule has 6 nitrogen and oxygen atoms in total. The van der Waals surface area contributed by atoms with E-state index < -0.39 is 0 Å². The van der Waals surface area contributed by atoms with Crippen molar-refractivity contribution in [2.45, 2.75) is 19.4 Å². The van der Waals surface area contributed by atoms with Gasteiger partial charge in [-0.25, -0.2) is 4.68 Å². The lowest BCUT2D eigenvalue weighted by molar-refractivity contribution is -0.129. The zero-order valence-corrected chi connectivity index (χ0v) is 18.0. The van der Waals surface area contributed by atoms with Crippen LogP contribution in [0.25, 0.3) is 16.6 Å². The fraction of sp³-hybridized carbons (Fsp3) is 0.292. The Labute approximate surface area is 184 Å². The van der Waals surface area contributed by atoms with Gasteiger partial charge in [0.1, 0.15) is 18.1 Å². The van der Waals surface area contributed by atoms with Crippen LogP contribution in [0.3, 0.4) is 0 Å². The Kier molecular flexibility index (Phi) is 5.19. The van der Waals surface area contributed by atoms with Crippen LogP contribution >= 0.6 is 11.3 Å². The average molecular weight is 434 g/mol. The lowest BCUT2D eigenvalue weighted by Gasteiger charge is -2.37. The fourth-order valence-corrected chi connectivity index (χ4v) is 5.03. The van der Waals surface area contributed by atoms with Gasteiger partial charge >= 0.3 is 0 Å². The second kappa shape index (κ2) is 8.15. The van der Waals surface area contributed by atoms with E-state index in [9.17, 15) is 9.59 Å². The number of carbonyl (C=O) groups excluding carboxylic acids is 1. The van der Waals surface area contributed by atoms with Crippen molar-refractivity contribution in [3.05, 3.63) is 75.4 Å². The van der Waals surface area contributed by atoms with E-state index in [4.69, 9.17) is 4.74 Å². The van der Waals surface area contributed by atoms with Gasteiger partial charge in [0.2, 0.25) is 0 Å². The van der Waals surface area contributed by atoms with Gasteiger partial charge < -0.3 is 9.64 Å². The molecule has 7 heteroatoms. The summed E-state index contributed by atoms with van der Waals surface area (Å²) >= 11 is 1.60. The van der Waals surface area contributed by atoms with E-state index in [-0.39, 0.29) is 30.0 Å². The lowest BCUT2D eigenvalue weighted by Crippen LogP contribution is -2.46. The molecule has 2 aliphatic heterocycles. The molecule has 0 bridgehead atoms. The summed E-state index contributed by atoms with van der Waals surface area (Å²) in [7, 11) is 0. The molecule has 158 valence electrons. The van der Waals surface area contributed by atoms with Crippen LogP contribution in [-0.2, 0) is 4.79 Å². The van der Waals surface area contributed by atoms with Crippen LogP contribution in [0.4, 0.5) is 0 Å². The third-order valence-electron chi connectivity index (χ3n) is 5.97. The third kappa shape index (κ3) is 3.81. The minimum Gasteiger partial charge on any atom is -0.488 e. The number of hydrogen-bond acceptors (Lipinski definition) is 5. The number of likely N-dealkylation sites (tertiary alicyclic amines) is 1. The average Bonchev–Trinajstić information content (AvgIpc) is 3.34. The zero-order valence-electron chi connectivity index (χ0n) is 17.2. The summed E-state index contributed by atoms with van der Waals surface area (Å²) in [6.07, 6.45) is 2.62. The van der Waals surface area contributed by atoms with Crippen LogP contribution in [0.15, 0.2) is 64.3 Å². The Morgan fingerprint density at radius 2 is 2.03 bits per heavy atom. The lowest BCUT2D eigenvalue weighted by atomic mass is 9.93. The third-order valence-corrected chi connectivity index (χ3v) is 6.86. The van der Waals surface area contributed by atoms with Crippen LogP contribution in [-0.4, -0.2) is 40.3 Å². The SMILES string of the molecule is CC1CN(C(=O)C2=Cc3ccccc3OC2)CCC1n1nc(-c2cccs2)ccc1=O. The van der Waals surface area contributed by atoms with Gasteiger partial charge in [-0.3, -0.25) is 9.59 Å². The minimum atomic E-state index is -0.100. The summed E-state index contributed by atoms with van der Waals surface area (Å²) in [6, 6.07) is 15.1. The molecule has 0 aliphatic carbocycles. The number of rotatable bonds is 3. The van der Waals surface area contributed by atoms with Gasteiger partial charge in [-0.1, -0.05) is 31.2 Å². The van der Waals surface area contributed by atoms with E-state index >= 15 is 0 Å². The van der Waals surface area contributed by atoms with Crippen molar-refractivity contribution in [3.8, 4) is 16.3 Å². The van der Waals surface area contributed by atoms with E-state index in [1.165, 1.54) is 0 Å². The summed E-state index contributed by atoms with van der Waals surface area (Å²) < 4.78 is 7.37. The van der Waals surface area contributed by atoms with Crippen molar-refractivity contribution in [3.63, 3.8) is 0 Å². The highest BCUT2D eigenvalue weighted by Gasteiger charge is 2.33. The molecule has 0 spiro atoms. The van der Waals surface area contributed by atoms with Crippen LogP contribution < -0.4 is 10.3 Å². The number of piperidine rings is 1. The summed E-state index contributed by atoms with van der Waals surface area (Å²) in [6.45, 7) is 3.54. The summed E-state index contributed by atoms with van der Waals surface area (Å²) in [5.74, 6) is 0.925. The predicted octanol–water partition coefficient (Wildman–Crippen LogP) is 3.86. The van der Waals surface area contributed by atoms with Crippen molar-refractivity contribution in [1.82, 2.24) is 14.7 Å². The fourth-order valence-electron chi connectivity index (χ4n) is 4.34. The maximum absolute atomic E-state index is 13.1. The first-order valence-corrected chi connectivity index (χ1v) is 11.3. The van der Waals surface area contributed by atoms with Crippen LogP contribution in [0, 0.1) is 5.92 Å². The maximum atomic E-state index is 13.1. The van der Waals surface area contributed by atoms with Crippen LogP contribution in [0.2, 0.25) is 0 Å². The molecule has 0 N–H and O–H groups in total. The van der Waals surface area contributed by atoms with E-state index in [0.29, 0.717) is 25.1 Å². The monoisotopic (exact) mass is 433 g/mol. The molecular formula is C24H23N3O3S. The van der Waals surface area contributed by atoms with Gasteiger partial charge in [-0.15, -0.1) is 11.3 Å². The Morgan fingerprint density at radius 1 is 1.16 bits per heavy atom. The summed E-state index contributed by atoms with van der Waals surface area (Å²) in [5.41, 5.74) is 2.31. The number of hydrogen-bond donors (Lipinski definition) is 0. The van der Waals surface area contributed by atoms with E-state index in [1.54, 1.807) is 28.2 Å². The molecular weight excluding hydrogens is 410 g/mol. The highest BCUT2D eigenvalue weighted by atomic mass is 32.1. The molecule has 1 saturated heterocycles. The number of fused-ring (bicyclic) bond motifs is 1. The molecule has 4 heterocycles. The number of nitrogens with zero attached hydrogens (tertiary/aromatic N) is 3. The summed E-state index contributed by atoms with van der Waals surface area (Å²) in [5, 5.41) is 6.65. The van der Waals surface area contributed by atoms with E-state index in [1.807, 2.05) is 52.8 Å². The highest BCUT2D eigenvalue weighted by Crippen LogP contribution is 2.31. The van der Waals surface area contributed by atoms with Crippen molar-refractivity contribution in [2.75, 3.05) is 19.7 Å². The number of thiophene rings is 1. The molecule has 2 aromatic heterocycles. The first kappa shape index (κ1) is 19.8. The number of carbonyl (C=O) groups is 1. The highest BCUT2D eigenvalue weighted by molar-refractivity contribution is 7.13. The van der Waals surface area contributed by atoms with Crippen molar-refractivity contribution < 1.29 is 9.53 Å². The quantitative estimate of drug-likeness (QED) is 0.629. The number of benzene rings is 1. The molecule has 1 fully saturated rings. The van der Waals surface area contributed by atoms with Crippen LogP contribution in [0.1, 0.15) is 24.9 Å². The minimum absolute atomic E-state index is 0.00689. The molecule has 2 unspecified atom stereocenters. The van der Waals surface area contributed by atoms with Gasteiger partial charge in [-0.2, -0.15) is 5.10 Å². The van der Waals surface area contributed by atoms with Gasteiger partial charge in [-0.05, 0) is 42.0 Å². The second-order valence-electron chi connectivity index (χ2n) is 8.06. The normalized spacial score (nSPS) is 20.5. The molecule has 3 aromatic rings. The molecule has 5 rings (SSSR count). The maximum Gasteiger partial charge on any atom is 0.267 e. The number of para-hydroxylation sites is 1. The van der Waals surface area contributed by atoms with Crippen molar-refractivity contribution in [2.24, 2.45) is 5.92 Å².